The molecule has 0 radical (unpaired) electrons. The predicted molar refractivity (Wildman–Crippen MR) is 129 cm³/mol. The first-order valence-corrected chi connectivity index (χ1v) is 12.4. The summed E-state index contributed by atoms with van der Waals surface area (Å²) in [5, 5.41) is 65.2. The summed E-state index contributed by atoms with van der Waals surface area (Å²) in [7, 11) is 2.90. The van der Waals surface area contributed by atoms with Crippen molar-refractivity contribution >= 4 is 35.0 Å². The minimum Gasteiger partial charge on any atom is -0.508 e. The molecule has 0 aliphatic heterocycles. The number of aliphatic hydroxyl groups excluding tert-OH is 4. The van der Waals surface area contributed by atoms with Gasteiger partial charge in [0.15, 0.2) is 11.4 Å². The van der Waals surface area contributed by atoms with Crippen molar-refractivity contribution in [3.8, 4) is 5.75 Å². The molecule has 0 saturated heterocycles. The monoisotopic (exact) mass is 520 g/mol. The zero-order valence-electron chi connectivity index (χ0n) is 19.6. The van der Waals surface area contributed by atoms with E-state index in [0.29, 0.717) is 11.3 Å². The quantitative estimate of drug-likeness (QED) is 0.183. The summed E-state index contributed by atoms with van der Waals surface area (Å²) < 4.78 is 0. The second-order valence-corrected chi connectivity index (χ2v) is 10.6. The van der Waals surface area contributed by atoms with E-state index in [1.165, 1.54) is 36.8 Å². The van der Waals surface area contributed by atoms with Crippen molar-refractivity contribution in [1.82, 2.24) is 4.90 Å². The molecule has 1 aromatic carbocycles. The summed E-state index contributed by atoms with van der Waals surface area (Å²) in [6.45, 7) is -0.126. The minimum absolute atomic E-state index is 0.0596. The molecule has 0 bridgehead atoms. The third kappa shape index (κ3) is 3.47. The molecule has 3 aliphatic rings. The summed E-state index contributed by atoms with van der Waals surface area (Å²) in [5.74, 6) is -8.66. The standard InChI is InChI=1S/C24H28N2O9S/c1-26(2)17-16-19(30)13-10(8-36-7-6-27)9-4-3-5-11(28)12(9)18(29)14(13)21(32)24(16,35)22(33)15(20(17)31)23(25)34/h3-5,10,13,16-17,19,27-30,33,35H,6-8H2,1-2H3,(H2,25,34)/t10-,13?,16?,17-,19?,24-/m0/s1. The number of fused-ring (bicyclic) bond motifs is 3. The van der Waals surface area contributed by atoms with Gasteiger partial charge >= 0.3 is 0 Å². The van der Waals surface area contributed by atoms with Crippen LogP contribution in [0, 0.1) is 11.8 Å². The van der Waals surface area contributed by atoms with E-state index in [4.69, 9.17) is 5.73 Å². The van der Waals surface area contributed by atoms with Gasteiger partial charge in [0.2, 0.25) is 5.78 Å². The lowest BCUT2D eigenvalue weighted by Crippen LogP contribution is -2.70. The summed E-state index contributed by atoms with van der Waals surface area (Å²) in [4.78, 5) is 40.5. The smallest absolute Gasteiger partial charge is 0.255 e. The maximum absolute atomic E-state index is 13.9. The number of phenols is 1. The molecule has 3 aliphatic carbocycles. The third-order valence-electron chi connectivity index (χ3n) is 7.33. The van der Waals surface area contributed by atoms with Gasteiger partial charge in [-0.2, -0.15) is 11.8 Å². The zero-order chi connectivity index (χ0) is 26.7. The number of carbonyl (C=O) groups excluding carboxylic acids is 3. The largest absolute Gasteiger partial charge is 0.508 e. The number of benzene rings is 1. The van der Waals surface area contributed by atoms with E-state index < -0.39 is 75.6 Å². The molecule has 194 valence electrons. The molecular formula is C24H28N2O9S. The number of nitrogens with zero attached hydrogens (tertiary/aromatic N) is 1. The summed E-state index contributed by atoms with van der Waals surface area (Å²) in [6, 6.07) is 3.07. The highest BCUT2D eigenvalue weighted by atomic mass is 32.2. The summed E-state index contributed by atoms with van der Waals surface area (Å²) in [5.41, 5.74) is 1.34. The molecule has 1 amide bonds. The normalized spacial score (nSPS) is 31.9. The fraction of sp³-hybridized carbons (Fsp3) is 0.458. The molecule has 12 heteroatoms. The molecule has 36 heavy (non-hydrogen) atoms. The van der Waals surface area contributed by atoms with Crippen molar-refractivity contribution in [1.29, 1.82) is 0 Å². The van der Waals surface area contributed by atoms with Crippen molar-refractivity contribution in [2.45, 2.75) is 23.7 Å². The Balaban J connectivity index is 2.02. The number of nitrogens with two attached hydrogens (primary N) is 1. The average molecular weight is 521 g/mol. The molecule has 0 aromatic heterocycles. The average Bonchev–Trinajstić information content (AvgIpc) is 2.80. The van der Waals surface area contributed by atoms with Crippen LogP contribution in [0.25, 0.3) is 5.76 Å². The Labute approximate surface area is 210 Å². The van der Waals surface area contributed by atoms with Crippen LogP contribution in [0.15, 0.2) is 35.1 Å². The number of aromatic hydroxyl groups is 1. The van der Waals surface area contributed by atoms with Crippen LogP contribution in [0.1, 0.15) is 17.0 Å². The van der Waals surface area contributed by atoms with Crippen LogP contribution in [-0.4, -0.2) is 103 Å². The first kappa shape index (κ1) is 26.2. The summed E-state index contributed by atoms with van der Waals surface area (Å²) >= 11 is 1.31. The number of rotatable bonds is 6. The van der Waals surface area contributed by atoms with Crippen LogP contribution in [-0.2, 0) is 14.4 Å². The van der Waals surface area contributed by atoms with E-state index in [9.17, 15) is 45.0 Å². The number of carbonyl (C=O) groups is 3. The fourth-order valence-corrected chi connectivity index (χ4v) is 6.80. The molecule has 6 atom stereocenters. The second-order valence-electron chi connectivity index (χ2n) is 9.41. The molecule has 1 aromatic rings. The Morgan fingerprint density at radius 3 is 2.44 bits per heavy atom. The lowest BCUT2D eigenvalue weighted by molar-refractivity contribution is -0.169. The molecule has 8 N–H and O–H groups in total. The zero-order valence-corrected chi connectivity index (χ0v) is 20.4. The lowest BCUT2D eigenvalue weighted by Gasteiger charge is -2.54. The van der Waals surface area contributed by atoms with Gasteiger partial charge in [-0.05, 0) is 25.7 Å². The van der Waals surface area contributed by atoms with Crippen LogP contribution in [0.5, 0.6) is 5.75 Å². The SMILES string of the molecule is CN(C)[C@@H]1C(=O)C(C(N)=O)=C(O)[C@@]2(O)C(=O)C3=C(O)c4c(O)cccc4[C@H](CSCCO)C3C(O)C12. The van der Waals surface area contributed by atoms with Crippen molar-refractivity contribution in [2.24, 2.45) is 17.6 Å². The van der Waals surface area contributed by atoms with Crippen LogP contribution in [0.3, 0.4) is 0 Å². The van der Waals surface area contributed by atoms with E-state index in [1.807, 2.05) is 0 Å². The van der Waals surface area contributed by atoms with Crippen LogP contribution in [0.4, 0.5) is 0 Å². The maximum Gasteiger partial charge on any atom is 0.255 e. The highest BCUT2D eigenvalue weighted by Gasteiger charge is 2.68. The number of Topliss-reactive ketones (excluding diaryl/α,β-unsaturated/α-hetero) is 2. The van der Waals surface area contributed by atoms with Crippen molar-refractivity contribution in [3.63, 3.8) is 0 Å². The van der Waals surface area contributed by atoms with Crippen molar-refractivity contribution in [3.05, 3.63) is 46.2 Å². The molecular weight excluding hydrogens is 492 g/mol. The fourth-order valence-electron chi connectivity index (χ4n) is 5.87. The van der Waals surface area contributed by atoms with Gasteiger partial charge < -0.3 is 36.4 Å². The van der Waals surface area contributed by atoms with E-state index in [-0.39, 0.29) is 23.7 Å². The van der Waals surface area contributed by atoms with Crippen molar-refractivity contribution in [2.75, 3.05) is 32.2 Å². The van der Waals surface area contributed by atoms with Crippen LogP contribution >= 0.6 is 11.8 Å². The van der Waals surface area contributed by atoms with Gasteiger partial charge in [0.1, 0.15) is 22.8 Å². The van der Waals surface area contributed by atoms with Crippen LogP contribution < -0.4 is 5.73 Å². The Morgan fingerprint density at radius 2 is 1.86 bits per heavy atom. The summed E-state index contributed by atoms with van der Waals surface area (Å²) in [6.07, 6.45) is -1.66. The number of amides is 1. The molecule has 1 saturated carbocycles. The van der Waals surface area contributed by atoms with Gasteiger partial charge in [-0.25, -0.2) is 0 Å². The number of phenolic OH excluding ortho intramolecular Hbond substituents is 1. The highest BCUT2D eigenvalue weighted by molar-refractivity contribution is 7.99. The van der Waals surface area contributed by atoms with Gasteiger partial charge in [-0.1, -0.05) is 12.1 Å². The molecule has 1 fully saturated rings. The number of primary amides is 1. The van der Waals surface area contributed by atoms with Gasteiger partial charge in [0.05, 0.1) is 30.2 Å². The van der Waals surface area contributed by atoms with E-state index in [2.05, 4.69) is 0 Å². The number of likely N-dealkylation sites (N-methyl/N-ethyl adjacent to an activating group) is 1. The highest BCUT2D eigenvalue weighted by Crippen LogP contribution is 2.56. The van der Waals surface area contributed by atoms with Crippen molar-refractivity contribution < 1.29 is 45.0 Å². The first-order valence-electron chi connectivity index (χ1n) is 11.2. The number of thioether (sulfide) groups is 1. The lowest BCUT2D eigenvalue weighted by atomic mass is 9.54. The van der Waals surface area contributed by atoms with Gasteiger partial charge in [0.25, 0.3) is 5.91 Å². The van der Waals surface area contributed by atoms with Gasteiger partial charge in [-0.3, -0.25) is 19.3 Å². The number of hydrogen-bond acceptors (Lipinski definition) is 11. The Morgan fingerprint density at radius 1 is 1.19 bits per heavy atom. The van der Waals surface area contributed by atoms with E-state index >= 15 is 0 Å². The molecule has 4 rings (SSSR count). The van der Waals surface area contributed by atoms with Crippen LogP contribution in [0.2, 0.25) is 0 Å². The molecule has 0 spiro atoms. The van der Waals surface area contributed by atoms with Gasteiger partial charge in [0, 0.05) is 28.9 Å². The second kappa shape index (κ2) is 9.20. The maximum atomic E-state index is 13.9. The van der Waals surface area contributed by atoms with E-state index in [0.717, 1.165) is 0 Å². The predicted octanol–water partition coefficient (Wildman–Crippen LogP) is -0.799. The third-order valence-corrected chi connectivity index (χ3v) is 8.40. The first-order chi connectivity index (χ1) is 16.9. The Bertz CT molecular complexity index is 1210. The Kier molecular flexibility index (Phi) is 6.69. The number of hydrogen-bond donors (Lipinski definition) is 7. The minimum atomic E-state index is -2.95. The molecule has 0 heterocycles. The topological polar surface area (TPSA) is 202 Å². The number of aliphatic hydroxyl groups is 5. The Hall–Kier alpha value is -2.90. The molecule has 11 nitrogen and oxygen atoms in total. The molecule has 3 unspecified atom stereocenters. The van der Waals surface area contributed by atoms with Gasteiger partial charge in [-0.15, -0.1) is 0 Å². The van der Waals surface area contributed by atoms with E-state index in [1.54, 1.807) is 12.1 Å². The number of ketones is 2.